The Hall–Kier alpha value is -1.59. The van der Waals surface area contributed by atoms with Gasteiger partial charge in [0.15, 0.2) is 5.78 Å². The highest BCUT2D eigenvalue weighted by atomic mass is 32.2. The zero-order chi connectivity index (χ0) is 19.6. The Morgan fingerprint density at radius 1 is 1.19 bits per heavy atom. The molecule has 1 atom stereocenters. The van der Waals surface area contributed by atoms with Gasteiger partial charge in [-0.3, -0.25) is 9.59 Å². The van der Waals surface area contributed by atoms with E-state index in [-0.39, 0.29) is 22.9 Å². The van der Waals surface area contributed by atoms with Crippen LogP contribution in [0.3, 0.4) is 0 Å². The molecule has 0 bridgehead atoms. The Bertz CT molecular complexity index is 645. The van der Waals surface area contributed by atoms with Gasteiger partial charge < -0.3 is 9.47 Å². The van der Waals surface area contributed by atoms with Crippen molar-refractivity contribution < 1.29 is 19.1 Å². The zero-order valence-corrected chi connectivity index (χ0v) is 17.3. The third-order valence-corrected chi connectivity index (χ3v) is 5.58. The van der Waals surface area contributed by atoms with E-state index >= 15 is 0 Å². The van der Waals surface area contributed by atoms with Crippen LogP contribution in [0.4, 0.5) is 0 Å². The third kappa shape index (κ3) is 6.82. The molecule has 0 saturated heterocycles. The van der Waals surface area contributed by atoms with E-state index in [1.807, 2.05) is 38.1 Å². The Morgan fingerprint density at radius 3 is 2.44 bits per heavy atom. The lowest BCUT2D eigenvalue weighted by atomic mass is 9.83. The van der Waals surface area contributed by atoms with E-state index in [0.29, 0.717) is 17.9 Å². The molecule has 1 aliphatic rings. The molecule has 0 radical (unpaired) electrons. The number of carbonyl (C=O) groups is 2. The summed E-state index contributed by atoms with van der Waals surface area (Å²) in [6.45, 7) is 4.22. The molecular weight excluding hydrogens is 360 g/mol. The van der Waals surface area contributed by atoms with Crippen LogP contribution in [0.25, 0.3) is 0 Å². The van der Waals surface area contributed by atoms with Gasteiger partial charge in [0.2, 0.25) is 5.12 Å². The lowest BCUT2D eigenvalue weighted by Crippen LogP contribution is -2.24. The SMILES string of the molecule is CCSC(=O)/C(=C/C(C)OCc1ccc(OC)cc1)C(=O)C1CCCCC1. The van der Waals surface area contributed by atoms with Gasteiger partial charge >= 0.3 is 0 Å². The largest absolute Gasteiger partial charge is 0.497 e. The Labute approximate surface area is 166 Å². The maximum atomic E-state index is 12.9. The van der Waals surface area contributed by atoms with Crippen molar-refractivity contribution in [1.82, 2.24) is 0 Å². The van der Waals surface area contributed by atoms with Gasteiger partial charge in [-0.2, -0.15) is 0 Å². The topological polar surface area (TPSA) is 52.6 Å². The number of rotatable bonds is 9. The predicted octanol–water partition coefficient (Wildman–Crippen LogP) is 4.96. The molecule has 1 aromatic rings. The smallest absolute Gasteiger partial charge is 0.222 e. The Kier molecular flexibility index (Phi) is 9.08. The summed E-state index contributed by atoms with van der Waals surface area (Å²) in [7, 11) is 1.63. The zero-order valence-electron chi connectivity index (χ0n) is 16.5. The second-order valence-corrected chi connectivity index (χ2v) is 8.10. The van der Waals surface area contributed by atoms with Gasteiger partial charge in [-0.15, -0.1) is 0 Å². The van der Waals surface area contributed by atoms with Crippen LogP contribution in [0.15, 0.2) is 35.9 Å². The molecule has 0 N–H and O–H groups in total. The van der Waals surface area contributed by atoms with Crippen LogP contribution >= 0.6 is 11.8 Å². The van der Waals surface area contributed by atoms with Crippen molar-refractivity contribution in [2.24, 2.45) is 5.92 Å². The minimum Gasteiger partial charge on any atom is -0.497 e. The van der Waals surface area contributed by atoms with Crippen molar-refractivity contribution >= 4 is 22.7 Å². The molecule has 27 heavy (non-hydrogen) atoms. The fraction of sp³-hybridized carbons (Fsp3) is 0.545. The molecule has 1 saturated carbocycles. The molecule has 148 valence electrons. The first-order valence-corrected chi connectivity index (χ1v) is 10.7. The number of benzene rings is 1. The number of hydrogen-bond donors (Lipinski definition) is 0. The van der Waals surface area contributed by atoms with E-state index in [2.05, 4.69) is 0 Å². The standard InChI is InChI=1S/C22H30O4S/c1-4-27-22(24)20(21(23)18-8-6-5-7-9-18)14-16(2)26-15-17-10-12-19(25-3)13-11-17/h10-14,16,18H,4-9,15H2,1-3H3/b20-14+. The second kappa shape index (κ2) is 11.3. The summed E-state index contributed by atoms with van der Waals surface area (Å²) >= 11 is 1.19. The average Bonchev–Trinajstić information content (AvgIpc) is 2.71. The minimum atomic E-state index is -0.309. The first kappa shape index (κ1) is 21.7. The van der Waals surface area contributed by atoms with Crippen molar-refractivity contribution in [2.45, 2.75) is 58.7 Å². The highest BCUT2D eigenvalue weighted by molar-refractivity contribution is 8.14. The van der Waals surface area contributed by atoms with Gasteiger partial charge in [0.25, 0.3) is 0 Å². The normalized spacial score (nSPS) is 16.8. The van der Waals surface area contributed by atoms with Crippen LogP contribution in [0.1, 0.15) is 51.5 Å². The molecule has 5 heteroatoms. The van der Waals surface area contributed by atoms with E-state index in [4.69, 9.17) is 9.47 Å². The highest BCUT2D eigenvalue weighted by Crippen LogP contribution is 2.28. The summed E-state index contributed by atoms with van der Waals surface area (Å²) in [6, 6.07) is 7.67. The quantitative estimate of drug-likeness (QED) is 0.339. The van der Waals surface area contributed by atoms with Gasteiger partial charge in [0.05, 0.1) is 25.4 Å². The number of Topliss-reactive ketones (excluding diaryl/α,β-unsaturated/α-hetero) is 1. The van der Waals surface area contributed by atoms with E-state index in [1.54, 1.807) is 13.2 Å². The molecule has 0 heterocycles. The van der Waals surface area contributed by atoms with Crippen LogP contribution in [-0.2, 0) is 20.9 Å². The lowest BCUT2D eigenvalue weighted by Gasteiger charge is -2.21. The number of ether oxygens (including phenoxy) is 2. The number of thioether (sulfide) groups is 1. The van der Waals surface area contributed by atoms with Crippen LogP contribution in [0, 0.1) is 5.92 Å². The summed E-state index contributed by atoms with van der Waals surface area (Å²) in [5.41, 5.74) is 1.33. The molecule has 4 nitrogen and oxygen atoms in total. The molecule has 2 rings (SSSR count). The number of ketones is 1. The molecule has 0 amide bonds. The fourth-order valence-corrected chi connectivity index (χ4v) is 3.86. The van der Waals surface area contributed by atoms with E-state index in [1.165, 1.54) is 18.2 Å². The van der Waals surface area contributed by atoms with Crippen molar-refractivity contribution in [1.29, 1.82) is 0 Å². The second-order valence-electron chi connectivity index (χ2n) is 6.86. The van der Waals surface area contributed by atoms with Crippen molar-refractivity contribution in [3.63, 3.8) is 0 Å². The van der Waals surface area contributed by atoms with E-state index < -0.39 is 0 Å². The molecule has 1 fully saturated rings. The predicted molar refractivity (Wildman–Crippen MR) is 110 cm³/mol. The summed E-state index contributed by atoms with van der Waals surface area (Å²) in [5.74, 6) is 1.45. The summed E-state index contributed by atoms with van der Waals surface area (Å²) in [4.78, 5) is 25.4. The van der Waals surface area contributed by atoms with Crippen LogP contribution < -0.4 is 4.74 Å². The van der Waals surface area contributed by atoms with E-state index in [9.17, 15) is 9.59 Å². The molecule has 1 aromatic carbocycles. The Morgan fingerprint density at radius 2 is 1.85 bits per heavy atom. The van der Waals surface area contributed by atoms with Gasteiger partial charge in [0.1, 0.15) is 5.75 Å². The molecule has 1 unspecified atom stereocenters. The van der Waals surface area contributed by atoms with Crippen molar-refractivity contribution in [3.8, 4) is 5.75 Å². The molecule has 1 aliphatic carbocycles. The number of hydrogen-bond acceptors (Lipinski definition) is 5. The average molecular weight is 391 g/mol. The summed E-state index contributed by atoms with van der Waals surface area (Å²) < 4.78 is 11.0. The van der Waals surface area contributed by atoms with E-state index in [0.717, 1.165) is 37.0 Å². The number of carbonyl (C=O) groups excluding carboxylic acids is 2. The third-order valence-electron chi connectivity index (χ3n) is 4.81. The molecular formula is C22H30O4S. The van der Waals surface area contributed by atoms with Gasteiger partial charge in [0, 0.05) is 5.92 Å². The molecule has 0 spiro atoms. The minimum absolute atomic E-state index is 0.000507. The van der Waals surface area contributed by atoms with Crippen LogP contribution in [0.5, 0.6) is 5.75 Å². The summed E-state index contributed by atoms with van der Waals surface area (Å²) in [5, 5.41) is -0.132. The summed E-state index contributed by atoms with van der Waals surface area (Å²) in [6.07, 6.45) is 6.51. The first-order chi connectivity index (χ1) is 13.0. The molecule has 0 aliphatic heterocycles. The fourth-order valence-electron chi connectivity index (χ4n) is 3.28. The highest BCUT2D eigenvalue weighted by Gasteiger charge is 2.28. The van der Waals surface area contributed by atoms with Gasteiger partial charge in [-0.05, 0) is 49.3 Å². The van der Waals surface area contributed by atoms with Gasteiger partial charge in [-0.1, -0.05) is 50.1 Å². The monoisotopic (exact) mass is 390 g/mol. The lowest BCUT2D eigenvalue weighted by molar-refractivity contribution is -0.122. The van der Waals surface area contributed by atoms with Crippen molar-refractivity contribution in [2.75, 3.05) is 12.9 Å². The van der Waals surface area contributed by atoms with Crippen LogP contribution in [0.2, 0.25) is 0 Å². The van der Waals surface area contributed by atoms with Gasteiger partial charge in [-0.25, -0.2) is 0 Å². The number of methoxy groups -OCH3 is 1. The first-order valence-electron chi connectivity index (χ1n) is 9.72. The maximum Gasteiger partial charge on any atom is 0.222 e. The van der Waals surface area contributed by atoms with Crippen LogP contribution in [-0.4, -0.2) is 29.9 Å². The maximum absolute atomic E-state index is 12.9. The van der Waals surface area contributed by atoms with Crippen molar-refractivity contribution in [3.05, 3.63) is 41.5 Å². The Balaban J connectivity index is 2.04. The molecule has 0 aromatic heterocycles.